The Morgan fingerprint density at radius 3 is 1.66 bits per heavy atom. The van der Waals surface area contributed by atoms with Crippen LogP contribution in [0.3, 0.4) is 0 Å². The fraction of sp³-hybridized carbons (Fsp3) is 0. The van der Waals surface area contributed by atoms with Crippen molar-refractivity contribution in [2.45, 2.75) is 0 Å². The van der Waals surface area contributed by atoms with Crippen LogP contribution in [0.2, 0.25) is 0 Å². The van der Waals surface area contributed by atoms with E-state index in [2.05, 4.69) is 83.3 Å². The lowest BCUT2D eigenvalue weighted by Crippen LogP contribution is -1.84. The van der Waals surface area contributed by atoms with Gasteiger partial charge < -0.3 is 4.40 Å². The number of hydrogen-bond acceptors (Lipinski definition) is 2. The second-order valence-corrected chi connectivity index (χ2v) is 9.18. The van der Waals surface area contributed by atoms with Crippen LogP contribution in [0.5, 0.6) is 0 Å². The smallest absolute Gasteiger partial charge is 0.0992 e. The Hall–Kier alpha value is -5.12. The highest BCUT2D eigenvalue weighted by atomic mass is 14.9. The molecule has 2 aromatic heterocycles. The summed E-state index contributed by atoms with van der Waals surface area (Å²) in [6.07, 6.45) is 0. The minimum atomic E-state index is 0.627. The molecule has 0 atom stereocenters. The van der Waals surface area contributed by atoms with E-state index < -0.39 is 0 Å². The molecule has 8 rings (SSSR count). The average molecular weight is 441 g/mol. The maximum atomic E-state index is 9.66. The van der Waals surface area contributed by atoms with Crippen LogP contribution in [0.4, 0.5) is 0 Å². The van der Waals surface area contributed by atoms with Crippen LogP contribution in [0, 0.1) is 22.7 Å². The summed E-state index contributed by atoms with van der Waals surface area (Å²) in [5.41, 5.74) is 4.40. The molecule has 0 aliphatic rings. The third kappa shape index (κ3) is 2.13. The van der Waals surface area contributed by atoms with Crippen LogP contribution < -0.4 is 0 Å². The van der Waals surface area contributed by atoms with Crippen molar-refractivity contribution in [3.05, 3.63) is 102 Å². The Balaban J connectivity index is 1.81. The molecule has 35 heavy (non-hydrogen) atoms. The quantitative estimate of drug-likeness (QED) is 0.224. The van der Waals surface area contributed by atoms with E-state index in [9.17, 15) is 10.5 Å². The summed E-state index contributed by atoms with van der Waals surface area (Å²) >= 11 is 0. The third-order valence-electron chi connectivity index (χ3n) is 7.52. The highest BCUT2D eigenvalue weighted by Crippen LogP contribution is 2.47. The molecular formula is C32H15N3. The Labute approximate surface area is 199 Å². The maximum absolute atomic E-state index is 9.66. The third-order valence-corrected chi connectivity index (χ3v) is 7.52. The SMILES string of the molecule is N#Cc1ccc2c3cc4c5ccccc5c5ccccc5c4c4c5ccc(C#N)cc5n(c2c1)c34. The molecule has 0 bridgehead atoms. The average Bonchev–Trinajstić information content (AvgIpc) is 3.43. The van der Waals surface area contributed by atoms with Gasteiger partial charge in [0, 0.05) is 26.9 Å². The fourth-order valence-corrected chi connectivity index (χ4v) is 6.14. The number of aromatic nitrogens is 1. The van der Waals surface area contributed by atoms with Crippen LogP contribution in [0.15, 0.2) is 91.0 Å². The van der Waals surface area contributed by atoms with Gasteiger partial charge in [-0.15, -0.1) is 0 Å². The molecule has 2 heterocycles. The van der Waals surface area contributed by atoms with Gasteiger partial charge in [-0.1, -0.05) is 60.7 Å². The molecule has 8 aromatic rings. The summed E-state index contributed by atoms with van der Waals surface area (Å²) in [5.74, 6) is 0. The normalized spacial score (nSPS) is 11.9. The van der Waals surface area contributed by atoms with Crippen molar-refractivity contribution < 1.29 is 0 Å². The van der Waals surface area contributed by atoms with Gasteiger partial charge in [0.25, 0.3) is 0 Å². The van der Waals surface area contributed by atoms with Crippen LogP contribution >= 0.6 is 0 Å². The van der Waals surface area contributed by atoms with Crippen molar-refractivity contribution >= 4 is 70.4 Å². The van der Waals surface area contributed by atoms with Crippen molar-refractivity contribution in [2.24, 2.45) is 0 Å². The van der Waals surface area contributed by atoms with Crippen LogP contribution in [0.25, 0.3) is 70.4 Å². The van der Waals surface area contributed by atoms with Gasteiger partial charge in [-0.05, 0) is 57.3 Å². The second-order valence-electron chi connectivity index (χ2n) is 9.18. The predicted molar refractivity (Wildman–Crippen MR) is 143 cm³/mol. The fourth-order valence-electron chi connectivity index (χ4n) is 6.14. The molecule has 0 amide bonds. The minimum absolute atomic E-state index is 0.627. The van der Waals surface area contributed by atoms with Crippen molar-refractivity contribution in [2.75, 3.05) is 0 Å². The number of fused-ring (bicyclic) bond motifs is 13. The summed E-state index contributed by atoms with van der Waals surface area (Å²) < 4.78 is 2.25. The molecule has 0 aliphatic heterocycles. The van der Waals surface area contributed by atoms with E-state index in [-0.39, 0.29) is 0 Å². The van der Waals surface area contributed by atoms with Gasteiger partial charge in [0.15, 0.2) is 0 Å². The first kappa shape index (κ1) is 18.3. The lowest BCUT2D eigenvalue weighted by atomic mass is 9.90. The number of rotatable bonds is 0. The Morgan fingerprint density at radius 1 is 0.457 bits per heavy atom. The predicted octanol–water partition coefficient (Wildman–Crippen LogP) is 8.04. The first-order valence-corrected chi connectivity index (χ1v) is 11.6. The first-order chi connectivity index (χ1) is 17.3. The van der Waals surface area contributed by atoms with Gasteiger partial charge in [0.1, 0.15) is 0 Å². The standard InChI is InChI=1S/C32H15N3/c33-16-18-9-11-23-27-15-26-22-7-2-1-5-20(22)21-6-3-4-8-24(21)30(26)31-25-12-10-19(17-34)14-29(25)35(32(27)31)28(23)13-18/h1-15H. The Bertz CT molecular complexity index is 2290. The van der Waals surface area contributed by atoms with E-state index in [0.717, 1.165) is 27.3 Å². The monoisotopic (exact) mass is 441 g/mol. The van der Waals surface area contributed by atoms with Crippen LogP contribution in [0.1, 0.15) is 11.1 Å². The van der Waals surface area contributed by atoms with Crippen molar-refractivity contribution in [3.63, 3.8) is 0 Å². The largest absolute Gasteiger partial charge is 0.308 e. The maximum Gasteiger partial charge on any atom is 0.0992 e. The van der Waals surface area contributed by atoms with Gasteiger partial charge >= 0.3 is 0 Å². The summed E-state index contributed by atoms with van der Waals surface area (Å²) in [5, 5.41) is 31.3. The molecule has 0 saturated heterocycles. The molecule has 0 fully saturated rings. The molecule has 0 radical (unpaired) electrons. The summed E-state index contributed by atoms with van der Waals surface area (Å²) in [6, 6.07) is 36.1. The van der Waals surface area contributed by atoms with E-state index in [1.807, 2.05) is 24.3 Å². The second kappa shape index (κ2) is 6.26. The summed E-state index contributed by atoms with van der Waals surface area (Å²) in [6.45, 7) is 0. The van der Waals surface area contributed by atoms with Gasteiger partial charge in [-0.25, -0.2) is 0 Å². The van der Waals surface area contributed by atoms with E-state index in [0.29, 0.717) is 11.1 Å². The molecular weight excluding hydrogens is 426 g/mol. The van der Waals surface area contributed by atoms with Gasteiger partial charge in [-0.2, -0.15) is 10.5 Å². The first-order valence-electron chi connectivity index (χ1n) is 11.6. The number of benzene rings is 6. The highest BCUT2D eigenvalue weighted by molar-refractivity contribution is 6.40. The molecule has 0 aliphatic carbocycles. The Kier molecular flexibility index (Phi) is 3.28. The molecule has 3 nitrogen and oxygen atoms in total. The van der Waals surface area contributed by atoms with Gasteiger partial charge in [0.05, 0.1) is 39.8 Å². The van der Waals surface area contributed by atoms with E-state index in [1.165, 1.54) is 43.1 Å². The number of hydrogen-bond donors (Lipinski definition) is 0. The molecule has 0 N–H and O–H groups in total. The minimum Gasteiger partial charge on any atom is -0.308 e. The van der Waals surface area contributed by atoms with Crippen molar-refractivity contribution in [1.82, 2.24) is 4.40 Å². The highest BCUT2D eigenvalue weighted by Gasteiger charge is 2.22. The number of nitriles is 2. The zero-order valence-corrected chi connectivity index (χ0v) is 18.5. The molecule has 0 saturated carbocycles. The van der Waals surface area contributed by atoms with Gasteiger partial charge in [-0.3, -0.25) is 0 Å². The lowest BCUT2D eigenvalue weighted by molar-refractivity contribution is 1.36. The number of nitrogens with zero attached hydrogens (tertiary/aromatic N) is 3. The Morgan fingerprint density at radius 2 is 1.00 bits per heavy atom. The molecule has 158 valence electrons. The zero-order chi connectivity index (χ0) is 23.3. The summed E-state index contributed by atoms with van der Waals surface area (Å²) in [7, 11) is 0. The molecule has 6 aromatic carbocycles. The van der Waals surface area contributed by atoms with Crippen molar-refractivity contribution in [1.29, 1.82) is 10.5 Å². The van der Waals surface area contributed by atoms with Gasteiger partial charge in [0.2, 0.25) is 0 Å². The zero-order valence-electron chi connectivity index (χ0n) is 18.5. The van der Waals surface area contributed by atoms with Crippen molar-refractivity contribution in [3.8, 4) is 12.1 Å². The van der Waals surface area contributed by atoms with Crippen LogP contribution in [-0.4, -0.2) is 4.40 Å². The topological polar surface area (TPSA) is 52.0 Å². The summed E-state index contributed by atoms with van der Waals surface area (Å²) in [4.78, 5) is 0. The molecule has 0 spiro atoms. The van der Waals surface area contributed by atoms with Crippen LogP contribution in [-0.2, 0) is 0 Å². The lowest BCUT2D eigenvalue weighted by Gasteiger charge is -2.12. The molecule has 3 heteroatoms. The van der Waals surface area contributed by atoms with E-state index >= 15 is 0 Å². The molecule has 0 unspecified atom stereocenters. The van der Waals surface area contributed by atoms with E-state index in [1.54, 1.807) is 0 Å². The van der Waals surface area contributed by atoms with E-state index in [4.69, 9.17) is 0 Å².